The van der Waals surface area contributed by atoms with Gasteiger partial charge in [0.1, 0.15) is 0 Å². The van der Waals surface area contributed by atoms with Gasteiger partial charge in [0.15, 0.2) is 0 Å². The van der Waals surface area contributed by atoms with E-state index in [1.54, 1.807) is 0 Å². The number of anilines is 1. The Labute approximate surface area is 237 Å². The molecule has 0 radical (unpaired) electrons. The van der Waals surface area contributed by atoms with Crippen LogP contribution in [0.25, 0.3) is 38.6 Å². The number of nitrogens with zero attached hydrogens (tertiary/aromatic N) is 1. The highest BCUT2D eigenvalue weighted by Crippen LogP contribution is 2.35. The van der Waals surface area contributed by atoms with Crippen LogP contribution in [0.5, 0.6) is 0 Å². The molecule has 0 fully saturated rings. The second kappa shape index (κ2) is 14.6. The molecule has 1 N–H and O–H groups in total. The molecular weight excluding hydrogens is 501 g/mol. The van der Waals surface area contributed by atoms with Crippen LogP contribution in [-0.2, 0) is 0 Å². The van der Waals surface area contributed by atoms with Crippen molar-refractivity contribution in [2.75, 3.05) is 18.1 Å². The average Bonchev–Trinajstić information content (AvgIpc) is 3.21. The number of para-hydroxylation sites is 3. The fourth-order valence-electron chi connectivity index (χ4n) is 4.66. The number of nitrogens with one attached hydrogen (secondary N) is 1. The van der Waals surface area contributed by atoms with Crippen molar-refractivity contribution in [3.05, 3.63) is 121 Å². The summed E-state index contributed by atoms with van der Waals surface area (Å²) in [4.78, 5) is 0. The molecular formula is C34H38N2S2. The Morgan fingerprint density at radius 3 is 2.11 bits per heavy atom. The first-order valence-corrected chi connectivity index (χ1v) is 15.5. The minimum absolute atomic E-state index is 0.777. The molecule has 0 bridgehead atoms. The topological polar surface area (TPSA) is 17.0 Å². The van der Waals surface area contributed by atoms with Gasteiger partial charge in [0.2, 0.25) is 0 Å². The van der Waals surface area contributed by atoms with Crippen molar-refractivity contribution in [1.29, 1.82) is 0 Å². The highest BCUT2D eigenvalue weighted by molar-refractivity contribution is 8.68. The number of benzene rings is 4. The van der Waals surface area contributed by atoms with Crippen molar-refractivity contribution in [2.45, 2.75) is 27.7 Å². The summed E-state index contributed by atoms with van der Waals surface area (Å²) >= 11 is 3.71. The lowest BCUT2D eigenvalue weighted by atomic mass is 9.99. The molecule has 0 aliphatic carbocycles. The Morgan fingerprint density at radius 2 is 1.37 bits per heavy atom. The van der Waals surface area contributed by atoms with Crippen LogP contribution in [0.2, 0.25) is 0 Å². The number of hydrogen-bond acceptors (Lipinski definition) is 3. The molecule has 0 spiro atoms. The van der Waals surface area contributed by atoms with Gasteiger partial charge in [0.05, 0.1) is 11.0 Å². The summed E-state index contributed by atoms with van der Waals surface area (Å²) in [6.07, 6.45) is 4.12. The molecule has 38 heavy (non-hydrogen) atoms. The molecule has 2 nitrogen and oxygen atoms in total. The standard InChI is InChI=1S/C29H22N2.2C2H6.CH4S2/c1-20-17-22(19-30-27-13-7-5-11-24(20)27)21-15-16-29-26(18-21)25-12-6-8-14-28(25)31(29)23-9-3-2-4-10-23;2*1-2;1-3-2/h2-18,30H,1,19H2;2*1-2H3;2H,1H3. The SMILES string of the molecule is C=C1C=C(c2ccc3c(c2)c2ccccc2n3-c2ccccc2)CNc2ccccc21.CC.CC.CSS. The van der Waals surface area contributed by atoms with Gasteiger partial charge in [-0.15, -0.1) is 22.5 Å². The number of rotatable bonds is 2. The molecule has 1 aromatic heterocycles. The smallest absolute Gasteiger partial charge is 0.0541 e. The highest BCUT2D eigenvalue weighted by atomic mass is 33.1. The monoisotopic (exact) mass is 538 g/mol. The quantitative estimate of drug-likeness (QED) is 0.172. The number of fused-ring (bicyclic) bond motifs is 4. The zero-order chi connectivity index (χ0) is 27.5. The van der Waals surface area contributed by atoms with Crippen LogP contribution in [-0.4, -0.2) is 17.4 Å². The highest BCUT2D eigenvalue weighted by Gasteiger charge is 2.15. The Balaban J connectivity index is 0.000000526. The van der Waals surface area contributed by atoms with Gasteiger partial charge in [-0.25, -0.2) is 0 Å². The average molecular weight is 539 g/mol. The van der Waals surface area contributed by atoms with E-state index in [1.807, 2.05) is 34.0 Å². The van der Waals surface area contributed by atoms with Gasteiger partial charge in [0, 0.05) is 34.3 Å². The van der Waals surface area contributed by atoms with Gasteiger partial charge < -0.3 is 9.88 Å². The molecule has 5 aromatic rings. The second-order valence-corrected chi connectivity index (χ2v) is 9.66. The zero-order valence-corrected chi connectivity index (χ0v) is 24.7. The summed E-state index contributed by atoms with van der Waals surface area (Å²) in [7, 11) is 1.44. The Bertz CT molecular complexity index is 1510. The van der Waals surface area contributed by atoms with Gasteiger partial charge in [-0.05, 0) is 65.4 Å². The first-order chi connectivity index (χ1) is 18.7. The van der Waals surface area contributed by atoms with E-state index in [0.29, 0.717) is 0 Å². The summed E-state index contributed by atoms with van der Waals surface area (Å²) in [5, 5.41) is 6.13. The molecule has 0 atom stereocenters. The predicted molar refractivity (Wildman–Crippen MR) is 178 cm³/mol. The van der Waals surface area contributed by atoms with Gasteiger partial charge in [0.25, 0.3) is 0 Å². The van der Waals surface area contributed by atoms with E-state index < -0.39 is 0 Å². The van der Waals surface area contributed by atoms with Crippen molar-refractivity contribution in [3.8, 4) is 5.69 Å². The fraction of sp³-hybridized carbons (Fsp3) is 0.176. The Hall–Kier alpha value is -3.34. The van der Waals surface area contributed by atoms with Crippen LogP contribution < -0.4 is 5.32 Å². The van der Waals surface area contributed by atoms with Crippen LogP contribution in [0, 0.1) is 0 Å². The first kappa shape index (κ1) is 29.2. The van der Waals surface area contributed by atoms with Crippen molar-refractivity contribution in [1.82, 2.24) is 4.57 Å². The largest absolute Gasteiger partial charge is 0.380 e. The lowest BCUT2D eigenvalue weighted by Gasteiger charge is -2.10. The molecule has 1 aliphatic rings. The molecule has 6 rings (SSSR count). The lowest BCUT2D eigenvalue weighted by molar-refractivity contribution is 1.18. The third-order valence-electron chi connectivity index (χ3n) is 6.15. The van der Waals surface area contributed by atoms with Crippen molar-refractivity contribution < 1.29 is 0 Å². The van der Waals surface area contributed by atoms with E-state index in [1.165, 1.54) is 55.0 Å². The van der Waals surface area contributed by atoms with Gasteiger partial charge in [-0.1, -0.05) is 94.9 Å². The fourth-order valence-corrected chi connectivity index (χ4v) is 4.66. The summed E-state index contributed by atoms with van der Waals surface area (Å²) in [6.45, 7) is 13.1. The van der Waals surface area contributed by atoms with E-state index in [-0.39, 0.29) is 0 Å². The van der Waals surface area contributed by atoms with Crippen molar-refractivity contribution in [3.63, 3.8) is 0 Å². The third kappa shape index (κ3) is 6.20. The summed E-state index contributed by atoms with van der Waals surface area (Å²) in [5.74, 6) is 0. The summed E-state index contributed by atoms with van der Waals surface area (Å²) < 4.78 is 2.35. The second-order valence-electron chi connectivity index (χ2n) is 8.20. The maximum absolute atomic E-state index is 4.33. The van der Waals surface area contributed by atoms with Crippen LogP contribution >= 0.6 is 22.5 Å². The third-order valence-corrected chi connectivity index (χ3v) is 6.15. The molecule has 1 aliphatic heterocycles. The van der Waals surface area contributed by atoms with Gasteiger partial charge >= 0.3 is 0 Å². The van der Waals surface area contributed by atoms with E-state index in [9.17, 15) is 0 Å². The molecule has 2 heterocycles. The molecule has 0 saturated carbocycles. The molecule has 196 valence electrons. The van der Waals surface area contributed by atoms with E-state index in [4.69, 9.17) is 0 Å². The van der Waals surface area contributed by atoms with E-state index in [2.05, 4.69) is 131 Å². The lowest BCUT2D eigenvalue weighted by Crippen LogP contribution is -2.03. The van der Waals surface area contributed by atoms with Gasteiger partial charge in [-0.2, -0.15) is 0 Å². The van der Waals surface area contributed by atoms with Crippen LogP contribution in [0.4, 0.5) is 5.69 Å². The molecule has 4 heteroatoms. The summed E-state index contributed by atoms with van der Waals surface area (Å²) in [6, 6.07) is 34.4. The van der Waals surface area contributed by atoms with Crippen LogP contribution in [0.15, 0.2) is 110 Å². The normalized spacial score (nSPS) is 11.8. The molecule has 0 saturated heterocycles. The number of thiol groups is 1. The minimum Gasteiger partial charge on any atom is -0.380 e. The number of hydrogen-bond donors (Lipinski definition) is 2. The van der Waals surface area contributed by atoms with E-state index >= 15 is 0 Å². The predicted octanol–water partition coefficient (Wildman–Crippen LogP) is 10.6. The maximum Gasteiger partial charge on any atom is 0.0541 e. The Morgan fingerprint density at radius 1 is 0.763 bits per heavy atom. The zero-order valence-electron chi connectivity index (χ0n) is 23.0. The van der Waals surface area contributed by atoms with Gasteiger partial charge in [-0.3, -0.25) is 0 Å². The number of aromatic nitrogens is 1. The summed E-state index contributed by atoms with van der Waals surface area (Å²) in [5.41, 5.74) is 9.46. The molecule has 0 unspecified atom stereocenters. The van der Waals surface area contributed by atoms with Crippen molar-refractivity contribution >= 4 is 61.1 Å². The number of allylic oxidation sites excluding steroid dienone is 2. The van der Waals surface area contributed by atoms with Crippen LogP contribution in [0.1, 0.15) is 38.8 Å². The van der Waals surface area contributed by atoms with Crippen molar-refractivity contribution in [2.24, 2.45) is 0 Å². The minimum atomic E-state index is 0.777. The Kier molecular flexibility index (Phi) is 11.2. The van der Waals surface area contributed by atoms with Crippen LogP contribution in [0.3, 0.4) is 0 Å². The molecule has 0 amide bonds. The first-order valence-electron chi connectivity index (χ1n) is 13.2. The maximum atomic E-state index is 4.33. The molecule has 4 aromatic carbocycles. The van der Waals surface area contributed by atoms with E-state index in [0.717, 1.165) is 17.8 Å².